The monoisotopic (exact) mass is 408 g/mol. The maximum absolute atomic E-state index is 12.7. The van der Waals surface area contributed by atoms with Crippen LogP contribution < -0.4 is 14.8 Å². The zero-order valence-corrected chi connectivity index (χ0v) is 16.0. The largest absolute Gasteiger partial charge is 0.495 e. The van der Waals surface area contributed by atoms with Crippen LogP contribution in [0.15, 0.2) is 53.4 Å². The Morgan fingerprint density at radius 3 is 2.46 bits per heavy atom. The van der Waals surface area contributed by atoms with Crippen molar-refractivity contribution in [3.05, 3.63) is 54.1 Å². The first-order valence-corrected chi connectivity index (χ1v) is 9.56. The summed E-state index contributed by atoms with van der Waals surface area (Å²) < 4.78 is 37.3. The minimum Gasteiger partial charge on any atom is -0.495 e. The highest BCUT2D eigenvalue weighted by molar-refractivity contribution is 7.92. The Morgan fingerprint density at radius 1 is 1.11 bits per heavy atom. The normalized spacial score (nSPS) is 12.0. The number of benzene rings is 2. The summed E-state index contributed by atoms with van der Waals surface area (Å²) in [5.41, 5.74) is 0.233. The van der Waals surface area contributed by atoms with Crippen LogP contribution in [-0.4, -0.2) is 52.3 Å². The number of methoxy groups -OCH3 is 2. The summed E-state index contributed by atoms with van der Waals surface area (Å²) >= 11 is 0. The van der Waals surface area contributed by atoms with E-state index in [0.717, 1.165) is 13.2 Å². The van der Waals surface area contributed by atoms with Crippen LogP contribution in [0, 0.1) is 0 Å². The fraction of sp³-hybridized carbons (Fsp3) is 0.222. The quantitative estimate of drug-likeness (QED) is 0.550. The fourth-order valence-electron chi connectivity index (χ4n) is 2.30. The van der Waals surface area contributed by atoms with Gasteiger partial charge < -0.3 is 19.9 Å². The number of anilines is 1. The average Bonchev–Trinajstić information content (AvgIpc) is 2.71. The molecule has 28 heavy (non-hydrogen) atoms. The average molecular weight is 408 g/mol. The van der Waals surface area contributed by atoms with Gasteiger partial charge in [0, 0.05) is 5.56 Å². The predicted molar refractivity (Wildman–Crippen MR) is 101 cm³/mol. The molecule has 150 valence electrons. The molecule has 0 aliphatic heterocycles. The van der Waals surface area contributed by atoms with E-state index in [-0.39, 0.29) is 16.1 Å². The van der Waals surface area contributed by atoms with E-state index in [2.05, 4.69) is 14.8 Å². The van der Waals surface area contributed by atoms with E-state index in [4.69, 9.17) is 4.74 Å². The number of carbonyl (C=O) groups excluding carboxylic acids is 2. The zero-order chi connectivity index (χ0) is 20.7. The van der Waals surface area contributed by atoms with Gasteiger partial charge in [0.1, 0.15) is 5.75 Å². The summed E-state index contributed by atoms with van der Waals surface area (Å²) in [5.74, 6) is -1.22. The molecule has 3 N–H and O–H groups in total. The van der Waals surface area contributed by atoms with E-state index in [1.165, 1.54) is 31.4 Å². The van der Waals surface area contributed by atoms with Gasteiger partial charge in [-0.25, -0.2) is 13.2 Å². The lowest BCUT2D eigenvalue weighted by molar-refractivity contribution is -0.143. The molecule has 0 aromatic heterocycles. The van der Waals surface area contributed by atoms with Gasteiger partial charge in [0.25, 0.3) is 15.9 Å². The Kier molecular flexibility index (Phi) is 6.96. The number of rotatable bonds is 8. The molecule has 2 aromatic rings. The lowest BCUT2D eigenvalue weighted by atomic mass is 10.2. The number of amides is 1. The number of para-hydroxylation sites is 2. The van der Waals surface area contributed by atoms with Crippen molar-refractivity contribution < 1.29 is 32.6 Å². The number of esters is 1. The molecule has 0 heterocycles. The van der Waals surface area contributed by atoms with Crippen molar-refractivity contribution in [2.24, 2.45) is 0 Å². The number of aliphatic hydroxyl groups is 1. The van der Waals surface area contributed by atoms with E-state index < -0.39 is 34.5 Å². The van der Waals surface area contributed by atoms with Crippen molar-refractivity contribution in [2.75, 3.05) is 25.5 Å². The van der Waals surface area contributed by atoms with Crippen LogP contribution >= 0.6 is 0 Å². The van der Waals surface area contributed by atoms with Gasteiger partial charge >= 0.3 is 5.97 Å². The number of hydrogen-bond acceptors (Lipinski definition) is 7. The molecular weight excluding hydrogens is 388 g/mol. The van der Waals surface area contributed by atoms with Gasteiger partial charge in [-0.15, -0.1) is 0 Å². The van der Waals surface area contributed by atoms with Crippen molar-refractivity contribution in [3.63, 3.8) is 0 Å². The maximum Gasteiger partial charge on any atom is 0.330 e. The second kappa shape index (κ2) is 9.20. The van der Waals surface area contributed by atoms with Crippen LogP contribution in [0.1, 0.15) is 10.4 Å². The zero-order valence-electron chi connectivity index (χ0n) is 15.2. The summed E-state index contributed by atoms with van der Waals surface area (Å²) in [5, 5.41) is 11.5. The smallest absolute Gasteiger partial charge is 0.330 e. The highest BCUT2D eigenvalue weighted by atomic mass is 32.2. The van der Waals surface area contributed by atoms with Crippen molar-refractivity contribution in [3.8, 4) is 5.75 Å². The molecule has 0 spiro atoms. The second-order valence-corrected chi connectivity index (χ2v) is 7.25. The molecule has 9 nitrogen and oxygen atoms in total. The molecule has 0 radical (unpaired) electrons. The Labute approximate surface area is 162 Å². The minimum absolute atomic E-state index is 0.00902. The third-order valence-corrected chi connectivity index (χ3v) is 5.09. The molecule has 0 fully saturated rings. The number of aliphatic hydroxyl groups excluding tert-OH is 1. The predicted octanol–water partition coefficient (Wildman–Crippen LogP) is 0.760. The van der Waals surface area contributed by atoms with Gasteiger partial charge in [-0.3, -0.25) is 9.52 Å². The number of hydrogen-bond donors (Lipinski definition) is 3. The standard InChI is InChI=1S/C18H20N2O7S/c1-26-16-9-4-3-8-14(16)20-28(24,25)13-7-5-6-12(10-13)17(22)19-15(11-21)18(23)27-2/h3-10,15,20-21H,11H2,1-2H3,(H,19,22)/t15-/m1/s1. The molecule has 2 rings (SSSR count). The number of carbonyl (C=O) groups is 2. The molecule has 2 aromatic carbocycles. The Balaban J connectivity index is 2.26. The van der Waals surface area contributed by atoms with E-state index >= 15 is 0 Å². The first-order valence-electron chi connectivity index (χ1n) is 8.08. The van der Waals surface area contributed by atoms with Crippen molar-refractivity contribution in [2.45, 2.75) is 10.9 Å². The van der Waals surface area contributed by atoms with Gasteiger partial charge in [0.2, 0.25) is 0 Å². The molecule has 0 bridgehead atoms. The van der Waals surface area contributed by atoms with Crippen LogP contribution in [0.25, 0.3) is 0 Å². The topological polar surface area (TPSA) is 131 Å². The van der Waals surface area contributed by atoms with Crippen molar-refractivity contribution in [1.82, 2.24) is 5.32 Å². The summed E-state index contributed by atoms with van der Waals surface area (Å²) in [6.45, 7) is -0.661. The first-order chi connectivity index (χ1) is 13.3. The molecule has 0 unspecified atom stereocenters. The fourth-order valence-corrected chi connectivity index (χ4v) is 3.42. The van der Waals surface area contributed by atoms with Crippen molar-refractivity contribution in [1.29, 1.82) is 0 Å². The molecule has 0 aliphatic rings. The molecule has 10 heteroatoms. The maximum atomic E-state index is 12.7. The summed E-state index contributed by atoms with van der Waals surface area (Å²) in [7, 11) is -1.48. The SMILES string of the molecule is COC(=O)[C@@H](CO)NC(=O)c1cccc(S(=O)(=O)Nc2ccccc2OC)c1. The molecular formula is C18H20N2O7S. The summed E-state index contributed by atoms with van der Waals surface area (Å²) in [4.78, 5) is 23.6. The number of sulfonamides is 1. The van der Waals surface area contributed by atoms with Crippen LogP contribution in [0.4, 0.5) is 5.69 Å². The summed E-state index contributed by atoms with van der Waals surface area (Å²) in [6, 6.07) is 10.5. The van der Waals surface area contributed by atoms with E-state index in [9.17, 15) is 23.1 Å². The van der Waals surface area contributed by atoms with Gasteiger partial charge in [0.05, 0.1) is 31.4 Å². The summed E-state index contributed by atoms with van der Waals surface area (Å²) in [6.07, 6.45) is 0. The lowest BCUT2D eigenvalue weighted by Gasteiger charge is -2.15. The van der Waals surface area contributed by atoms with Crippen LogP contribution in [0.5, 0.6) is 5.75 Å². The minimum atomic E-state index is -4.01. The van der Waals surface area contributed by atoms with Gasteiger partial charge in [0.15, 0.2) is 6.04 Å². The van der Waals surface area contributed by atoms with Crippen LogP contribution in [-0.2, 0) is 19.6 Å². The molecule has 1 atom stereocenters. The van der Waals surface area contributed by atoms with Gasteiger partial charge in [-0.2, -0.15) is 0 Å². The third-order valence-electron chi connectivity index (χ3n) is 3.73. The Bertz CT molecular complexity index is 960. The third kappa shape index (κ3) is 4.99. The molecule has 0 aliphatic carbocycles. The first kappa shape index (κ1) is 21.2. The van der Waals surface area contributed by atoms with E-state index in [0.29, 0.717) is 5.75 Å². The van der Waals surface area contributed by atoms with Crippen LogP contribution in [0.3, 0.4) is 0 Å². The second-order valence-electron chi connectivity index (χ2n) is 5.57. The molecule has 0 saturated heterocycles. The van der Waals surface area contributed by atoms with Gasteiger partial charge in [-0.05, 0) is 30.3 Å². The number of nitrogens with one attached hydrogen (secondary N) is 2. The Morgan fingerprint density at radius 2 is 1.82 bits per heavy atom. The van der Waals surface area contributed by atoms with Gasteiger partial charge in [-0.1, -0.05) is 18.2 Å². The van der Waals surface area contributed by atoms with E-state index in [1.807, 2.05) is 0 Å². The van der Waals surface area contributed by atoms with E-state index in [1.54, 1.807) is 18.2 Å². The Hall–Kier alpha value is -3.11. The number of ether oxygens (including phenoxy) is 2. The highest BCUT2D eigenvalue weighted by Gasteiger charge is 2.23. The lowest BCUT2D eigenvalue weighted by Crippen LogP contribution is -2.44. The molecule has 0 saturated carbocycles. The van der Waals surface area contributed by atoms with Crippen molar-refractivity contribution >= 4 is 27.6 Å². The molecule has 1 amide bonds. The van der Waals surface area contributed by atoms with Crippen LogP contribution in [0.2, 0.25) is 0 Å². The highest BCUT2D eigenvalue weighted by Crippen LogP contribution is 2.26.